The Kier molecular flexibility index (Phi) is 6.97. The number of aliphatic imine (C=N–C) groups is 1. The van der Waals surface area contributed by atoms with E-state index in [4.69, 9.17) is 27.8 Å². The monoisotopic (exact) mass is 536 g/mol. The molecule has 0 bridgehead atoms. The molecule has 9 N–H and O–H groups in total. The predicted octanol–water partition coefficient (Wildman–Crippen LogP) is 2.32. The maximum atomic E-state index is 13.1. The second kappa shape index (κ2) is 10.1. The minimum Gasteiger partial charge on any atom is -0.435 e. The summed E-state index contributed by atoms with van der Waals surface area (Å²) in [5.74, 6) is 4.98. The first-order valence-electron chi connectivity index (χ1n) is 12.5. The molecule has 3 aromatic rings. The number of aromatic nitrogens is 2. The number of ether oxygens (including phenoxy) is 1. The van der Waals surface area contributed by atoms with Gasteiger partial charge in [-0.2, -0.15) is 4.98 Å². The average molecular weight is 537 g/mol. The molecule has 0 saturated heterocycles. The Hall–Kier alpha value is -3.34. The number of rotatable bonds is 6. The van der Waals surface area contributed by atoms with Gasteiger partial charge in [0.2, 0.25) is 13.2 Å². The van der Waals surface area contributed by atoms with Gasteiger partial charge in [-0.15, -0.1) is 0 Å². The SMILES string of the molecule is CN(N)c1ccc(P(=O)(O)C[C@H]2CC[C@H](c3ccc(C4=Nc5c(N)ncnc5OC4(N)N)cc3)CC2)cc1. The minimum absolute atomic E-state index is 0.146. The van der Waals surface area contributed by atoms with Crippen LogP contribution in [-0.4, -0.2) is 39.6 Å². The maximum absolute atomic E-state index is 13.1. The van der Waals surface area contributed by atoms with Gasteiger partial charge in [-0.3, -0.25) is 16.0 Å². The zero-order chi connectivity index (χ0) is 27.1. The molecule has 0 radical (unpaired) electrons. The fourth-order valence-corrected chi connectivity index (χ4v) is 7.11. The van der Waals surface area contributed by atoms with E-state index in [0.29, 0.717) is 28.8 Å². The topological polar surface area (TPSA) is 192 Å². The van der Waals surface area contributed by atoms with Gasteiger partial charge in [-0.1, -0.05) is 24.3 Å². The number of fused-ring (bicyclic) bond motifs is 1. The number of nitrogen functional groups attached to an aromatic ring is 1. The largest absolute Gasteiger partial charge is 0.435 e. The smallest absolute Gasteiger partial charge is 0.259 e. The lowest BCUT2D eigenvalue weighted by Gasteiger charge is -2.32. The Morgan fingerprint density at radius 2 is 1.71 bits per heavy atom. The highest BCUT2D eigenvalue weighted by Crippen LogP contribution is 2.47. The molecule has 2 aliphatic rings. The lowest BCUT2D eigenvalue weighted by atomic mass is 9.79. The molecule has 1 fully saturated rings. The number of benzene rings is 2. The summed E-state index contributed by atoms with van der Waals surface area (Å²) >= 11 is 0. The van der Waals surface area contributed by atoms with Crippen LogP contribution in [0.15, 0.2) is 59.9 Å². The summed E-state index contributed by atoms with van der Waals surface area (Å²) < 4.78 is 18.8. The van der Waals surface area contributed by atoms with Gasteiger partial charge in [-0.25, -0.2) is 15.8 Å². The molecule has 0 spiro atoms. The van der Waals surface area contributed by atoms with Crippen molar-refractivity contribution in [2.24, 2.45) is 28.2 Å². The second-order valence-corrected chi connectivity index (χ2v) is 12.4. The zero-order valence-corrected chi connectivity index (χ0v) is 22.1. The molecule has 1 aliphatic heterocycles. The third kappa shape index (κ3) is 5.29. The van der Waals surface area contributed by atoms with E-state index < -0.39 is 13.2 Å². The molecule has 5 rings (SSSR count). The minimum atomic E-state index is -3.44. The molecule has 12 heteroatoms. The van der Waals surface area contributed by atoms with Gasteiger partial charge < -0.3 is 20.4 Å². The van der Waals surface area contributed by atoms with Crippen molar-refractivity contribution in [3.05, 3.63) is 66.0 Å². The normalized spacial score (nSPS) is 22.0. The Balaban J connectivity index is 1.23. The molecular weight excluding hydrogens is 503 g/mol. The molecule has 0 amide bonds. The standard InChI is InChI=1S/C26H33N8O3P/c1-34(30)20-10-12-21(13-11-20)38(35,36)14-16-2-4-17(5-3-16)18-6-8-19(9-7-18)23-26(28,29)37-25-22(33-23)24(27)31-15-32-25/h6-13,15-17H,2-5,14,28-30H2,1H3,(H,35,36)(H2,27,31,32)/t16-,17-. The van der Waals surface area contributed by atoms with Crippen molar-refractivity contribution in [3.8, 4) is 5.88 Å². The quantitative estimate of drug-likeness (QED) is 0.135. The zero-order valence-electron chi connectivity index (χ0n) is 21.2. The molecule has 2 heterocycles. The Bertz CT molecular complexity index is 1380. The van der Waals surface area contributed by atoms with Crippen LogP contribution >= 0.6 is 7.37 Å². The van der Waals surface area contributed by atoms with Gasteiger partial charge in [0.05, 0.1) is 5.69 Å². The van der Waals surface area contributed by atoms with Gasteiger partial charge in [0.25, 0.3) is 5.85 Å². The van der Waals surface area contributed by atoms with Crippen LogP contribution in [0.4, 0.5) is 17.2 Å². The molecule has 2 aromatic carbocycles. The van der Waals surface area contributed by atoms with Gasteiger partial charge in [0.1, 0.15) is 12.0 Å². The van der Waals surface area contributed by atoms with Crippen LogP contribution in [0.5, 0.6) is 5.88 Å². The number of hydrogen-bond donors (Lipinski definition) is 5. The molecule has 200 valence electrons. The van der Waals surface area contributed by atoms with Gasteiger partial charge in [0, 0.05) is 24.1 Å². The van der Waals surface area contributed by atoms with Crippen LogP contribution in [-0.2, 0) is 4.57 Å². The van der Waals surface area contributed by atoms with Crippen LogP contribution in [0.2, 0.25) is 0 Å². The van der Waals surface area contributed by atoms with Crippen LogP contribution < -0.4 is 38.1 Å². The van der Waals surface area contributed by atoms with Gasteiger partial charge in [0.15, 0.2) is 11.5 Å². The Morgan fingerprint density at radius 1 is 1.05 bits per heavy atom. The third-order valence-corrected chi connectivity index (χ3v) is 9.46. The van der Waals surface area contributed by atoms with Crippen molar-refractivity contribution in [2.75, 3.05) is 24.0 Å². The first kappa shape index (κ1) is 26.3. The van der Waals surface area contributed by atoms with E-state index in [1.54, 1.807) is 31.3 Å². The second-order valence-electron chi connectivity index (χ2n) is 10.1. The summed E-state index contributed by atoms with van der Waals surface area (Å²) in [5, 5.41) is 1.95. The van der Waals surface area contributed by atoms with Gasteiger partial charge in [-0.05, 0) is 67.3 Å². The van der Waals surface area contributed by atoms with E-state index >= 15 is 0 Å². The Morgan fingerprint density at radius 3 is 2.34 bits per heavy atom. The molecular formula is C26H33N8O3P. The van der Waals surface area contributed by atoms with Crippen molar-refractivity contribution >= 4 is 35.6 Å². The lowest BCUT2D eigenvalue weighted by Crippen LogP contribution is -2.62. The number of nitrogens with zero attached hydrogens (tertiary/aromatic N) is 4. The highest BCUT2D eigenvalue weighted by molar-refractivity contribution is 7.66. The third-order valence-electron chi connectivity index (χ3n) is 7.34. The van der Waals surface area contributed by atoms with Crippen molar-refractivity contribution in [2.45, 2.75) is 37.5 Å². The van der Waals surface area contributed by atoms with E-state index in [1.165, 1.54) is 16.9 Å². The van der Waals surface area contributed by atoms with E-state index in [-0.39, 0.29) is 17.6 Å². The fraction of sp³-hybridized carbons (Fsp3) is 0.346. The van der Waals surface area contributed by atoms with E-state index in [1.807, 2.05) is 24.3 Å². The molecule has 38 heavy (non-hydrogen) atoms. The summed E-state index contributed by atoms with van der Waals surface area (Å²) in [6.45, 7) is 0. The fourth-order valence-electron chi connectivity index (χ4n) is 5.22. The first-order chi connectivity index (χ1) is 18.0. The van der Waals surface area contributed by atoms with Crippen LogP contribution in [0, 0.1) is 5.92 Å². The summed E-state index contributed by atoms with van der Waals surface area (Å²) in [6.07, 6.45) is 5.25. The average Bonchev–Trinajstić information content (AvgIpc) is 2.88. The molecule has 1 saturated carbocycles. The van der Waals surface area contributed by atoms with E-state index in [9.17, 15) is 9.46 Å². The maximum Gasteiger partial charge on any atom is 0.259 e. The van der Waals surface area contributed by atoms with Crippen molar-refractivity contribution in [3.63, 3.8) is 0 Å². The molecule has 11 nitrogen and oxygen atoms in total. The molecule has 1 unspecified atom stereocenters. The highest BCUT2D eigenvalue weighted by atomic mass is 31.2. The summed E-state index contributed by atoms with van der Waals surface area (Å²) in [6, 6.07) is 14.9. The summed E-state index contributed by atoms with van der Waals surface area (Å²) in [4.78, 5) is 23.3. The van der Waals surface area contributed by atoms with Crippen molar-refractivity contribution < 1.29 is 14.2 Å². The lowest BCUT2D eigenvalue weighted by molar-refractivity contribution is 0.146. The molecule has 1 aliphatic carbocycles. The van der Waals surface area contributed by atoms with E-state index in [2.05, 4.69) is 15.0 Å². The highest BCUT2D eigenvalue weighted by Gasteiger charge is 2.37. The first-order valence-corrected chi connectivity index (χ1v) is 14.4. The van der Waals surface area contributed by atoms with Crippen molar-refractivity contribution in [1.29, 1.82) is 0 Å². The number of anilines is 2. The van der Waals surface area contributed by atoms with Crippen LogP contribution in [0.1, 0.15) is 42.7 Å². The Labute approximate surface area is 221 Å². The number of hydrazine groups is 1. The van der Waals surface area contributed by atoms with Crippen LogP contribution in [0.3, 0.4) is 0 Å². The predicted molar refractivity (Wildman–Crippen MR) is 149 cm³/mol. The van der Waals surface area contributed by atoms with Gasteiger partial charge >= 0.3 is 0 Å². The number of hydrogen-bond acceptors (Lipinski definition) is 10. The van der Waals surface area contributed by atoms with E-state index in [0.717, 1.165) is 36.9 Å². The summed E-state index contributed by atoms with van der Waals surface area (Å²) in [7, 11) is -1.71. The van der Waals surface area contributed by atoms with Crippen molar-refractivity contribution in [1.82, 2.24) is 9.97 Å². The van der Waals surface area contributed by atoms with Crippen LogP contribution in [0.25, 0.3) is 0 Å². The summed E-state index contributed by atoms with van der Waals surface area (Å²) in [5.41, 5.74) is 21.7. The molecule has 1 atom stereocenters. The molecule has 1 aromatic heterocycles. The number of nitrogens with two attached hydrogens (primary N) is 4.